The zero-order valence-corrected chi connectivity index (χ0v) is 12.8. The molecule has 1 aliphatic heterocycles. The molecular weight excluding hydrogens is 316 g/mol. The Labute approximate surface area is 122 Å². The second kappa shape index (κ2) is 6.78. The molecule has 2 atom stereocenters. The van der Waals surface area contributed by atoms with E-state index in [1.54, 1.807) is 7.11 Å². The first-order chi connectivity index (χ1) is 8.70. The third-order valence-electron chi connectivity index (χ3n) is 3.30. The van der Waals surface area contributed by atoms with E-state index in [4.69, 9.17) is 21.1 Å². The number of alkyl halides is 1. The number of methoxy groups -OCH3 is 1. The van der Waals surface area contributed by atoms with E-state index in [0.717, 1.165) is 35.2 Å². The molecule has 100 valence electrons. The van der Waals surface area contributed by atoms with Gasteiger partial charge in [-0.25, -0.2) is 0 Å². The molecule has 0 N–H and O–H groups in total. The highest BCUT2D eigenvalue weighted by molar-refractivity contribution is 9.10. The molecule has 18 heavy (non-hydrogen) atoms. The number of hydrogen-bond donors (Lipinski definition) is 0. The van der Waals surface area contributed by atoms with Crippen LogP contribution in [0.15, 0.2) is 22.7 Å². The predicted molar refractivity (Wildman–Crippen MR) is 77.5 cm³/mol. The fourth-order valence-electron chi connectivity index (χ4n) is 2.31. The minimum atomic E-state index is -0.0263. The molecule has 0 aromatic heterocycles. The van der Waals surface area contributed by atoms with Gasteiger partial charge in [-0.05, 0) is 43.9 Å². The molecular formula is C14H18BrClO2. The van der Waals surface area contributed by atoms with E-state index in [1.807, 2.05) is 18.2 Å². The second-order valence-electron chi connectivity index (χ2n) is 4.57. The smallest absolute Gasteiger partial charge is 0.123 e. The monoisotopic (exact) mass is 332 g/mol. The normalized spacial score (nSPS) is 20.9. The predicted octanol–water partition coefficient (Wildman–Crippen LogP) is 4.70. The number of halogens is 2. The minimum absolute atomic E-state index is 0.0263. The van der Waals surface area contributed by atoms with Crippen molar-refractivity contribution < 1.29 is 9.47 Å². The van der Waals surface area contributed by atoms with Gasteiger partial charge in [0.15, 0.2) is 0 Å². The molecule has 1 heterocycles. The first kappa shape index (κ1) is 14.2. The van der Waals surface area contributed by atoms with Crippen molar-refractivity contribution in [3.8, 4) is 5.75 Å². The van der Waals surface area contributed by atoms with Crippen LogP contribution in [0.1, 0.15) is 36.6 Å². The number of benzene rings is 1. The zero-order chi connectivity index (χ0) is 13.0. The molecule has 1 fully saturated rings. The van der Waals surface area contributed by atoms with Crippen LogP contribution in [-0.4, -0.2) is 19.8 Å². The van der Waals surface area contributed by atoms with Gasteiger partial charge in [0.05, 0.1) is 18.6 Å². The molecule has 0 aliphatic carbocycles. The number of rotatable bonds is 5. The van der Waals surface area contributed by atoms with Gasteiger partial charge in [-0.3, -0.25) is 0 Å². The van der Waals surface area contributed by atoms with Crippen LogP contribution in [0.4, 0.5) is 0 Å². The van der Waals surface area contributed by atoms with Crippen molar-refractivity contribution in [2.75, 3.05) is 13.7 Å². The van der Waals surface area contributed by atoms with Crippen LogP contribution >= 0.6 is 27.5 Å². The lowest BCUT2D eigenvalue weighted by atomic mass is 10.0. The molecule has 1 aliphatic rings. The van der Waals surface area contributed by atoms with Crippen LogP contribution in [0.25, 0.3) is 0 Å². The molecule has 1 saturated heterocycles. The van der Waals surface area contributed by atoms with E-state index in [9.17, 15) is 0 Å². The van der Waals surface area contributed by atoms with Gasteiger partial charge in [0, 0.05) is 16.6 Å². The van der Waals surface area contributed by atoms with Crippen molar-refractivity contribution in [3.63, 3.8) is 0 Å². The first-order valence-corrected chi connectivity index (χ1v) is 7.52. The summed E-state index contributed by atoms with van der Waals surface area (Å²) in [6.45, 7) is 0.901. The quantitative estimate of drug-likeness (QED) is 0.727. The number of ether oxygens (including phenoxy) is 2. The van der Waals surface area contributed by atoms with Gasteiger partial charge in [-0.2, -0.15) is 0 Å². The van der Waals surface area contributed by atoms with E-state index in [1.165, 1.54) is 12.8 Å². The molecule has 0 bridgehead atoms. The molecule has 1 aromatic rings. The van der Waals surface area contributed by atoms with Gasteiger partial charge in [0.25, 0.3) is 0 Å². The van der Waals surface area contributed by atoms with E-state index in [0.29, 0.717) is 6.10 Å². The number of hydrogen-bond acceptors (Lipinski definition) is 2. The molecule has 4 heteroatoms. The lowest BCUT2D eigenvalue weighted by molar-refractivity contribution is 0.102. The lowest BCUT2D eigenvalue weighted by Crippen LogP contribution is -2.06. The zero-order valence-electron chi connectivity index (χ0n) is 10.5. The maximum atomic E-state index is 6.48. The Morgan fingerprint density at radius 1 is 1.56 bits per heavy atom. The second-order valence-corrected chi connectivity index (χ2v) is 6.01. The summed E-state index contributed by atoms with van der Waals surface area (Å²) in [7, 11) is 1.68. The molecule has 1 aromatic carbocycles. The standard InChI is InChI=1S/C14H18BrClO2/c1-17-14-7-4-10(15)9-12(14)13(16)6-5-11-3-2-8-18-11/h4,7,9,11,13H,2-3,5-6,8H2,1H3. The van der Waals surface area contributed by atoms with Crippen molar-refractivity contribution >= 4 is 27.5 Å². The van der Waals surface area contributed by atoms with Gasteiger partial charge in [-0.1, -0.05) is 15.9 Å². The molecule has 0 spiro atoms. The van der Waals surface area contributed by atoms with Crippen molar-refractivity contribution in [1.29, 1.82) is 0 Å². The summed E-state index contributed by atoms with van der Waals surface area (Å²) in [5.74, 6) is 0.852. The molecule has 2 rings (SSSR count). The highest BCUT2D eigenvalue weighted by Gasteiger charge is 2.19. The molecule has 2 unspecified atom stereocenters. The van der Waals surface area contributed by atoms with Crippen molar-refractivity contribution in [2.45, 2.75) is 37.2 Å². The van der Waals surface area contributed by atoms with Crippen LogP contribution in [-0.2, 0) is 4.74 Å². The average molecular weight is 334 g/mol. The summed E-state index contributed by atoms with van der Waals surface area (Å²) in [5.41, 5.74) is 1.05. The molecule has 2 nitrogen and oxygen atoms in total. The average Bonchev–Trinajstić information content (AvgIpc) is 2.89. The summed E-state index contributed by atoms with van der Waals surface area (Å²) < 4.78 is 12.0. The van der Waals surface area contributed by atoms with E-state index < -0.39 is 0 Å². The van der Waals surface area contributed by atoms with Crippen LogP contribution in [0.2, 0.25) is 0 Å². The molecule has 0 amide bonds. The van der Waals surface area contributed by atoms with Gasteiger partial charge < -0.3 is 9.47 Å². The SMILES string of the molecule is COc1ccc(Br)cc1C(Cl)CCC1CCCO1. The summed E-state index contributed by atoms with van der Waals surface area (Å²) >= 11 is 9.96. The van der Waals surface area contributed by atoms with Gasteiger partial charge in [0.1, 0.15) is 5.75 Å². The maximum Gasteiger partial charge on any atom is 0.123 e. The van der Waals surface area contributed by atoms with E-state index >= 15 is 0 Å². The fraction of sp³-hybridized carbons (Fsp3) is 0.571. The third-order valence-corrected chi connectivity index (χ3v) is 4.24. The summed E-state index contributed by atoms with van der Waals surface area (Å²) in [6, 6.07) is 5.94. The summed E-state index contributed by atoms with van der Waals surface area (Å²) in [6.07, 6.45) is 4.67. The highest BCUT2D eigenvalue weighted by Crippen LogP contribution is 2.36. The van der Waals surface area contributed by atoms with Crippen LogP contribution in [0, 0.1) is 0 Å². The van der Waals surface area contributed by atoms with Gasteiger partial charge >= 0.3 is 0 Å². The Kier molecular flexibility index (Phi) is 5.34. The Morgan fingerprint density at radius 3 is 3.06 bits per heavy atom. The third kappa shape index (κ3) is 3.62. The molecule has 0 radical (unpaired) electrons. The fourth-order valence-corrected chi connectivity index (χ4v) is 2.99. The summed E-state index contributed by atoms with van der Waals surface area (Å²) in [4.78, 5) is 0. The Bertz CT molecular complexity index is 391. The maximum absolute atomic E-state index is 6.48. The van der Waals surface area contributed by atoms with Crippen molar-refractivity contribution in [1.82, 2.24) is 0 Å². The Hall–Kier alpha value is -0.250. The minimum Gasteiger partial charge on any atom is -0.496 e. The molecule has 0 saturated carbocycles. The van der Waals surface area contributed by atoms with Crippen molar-refractivity contribution in [3.05, 3.63) is 28.2 Å². The van der Waals surface area contributed by atoms with Crippen LogP contribution < -0.4 is 4.74 Å². The van der Waals surface area contributed by atoms with Gasteiger partial charge in [-0.15, -0.1) is 11.6 Å². The van der Waals surface area contributed by atoms with E-state index in [-0.39, 0.29) is 5.38 Å². The first-order valence-electron chi connectivity index (χ1n) is 6.30. The topological polar surface area (TPSA) is 18.5 Å². The van der Waals surface area contributed by atoms with Crippen LogP contribution in [0.5, 0.6) is 5.75 Å². The summed E-state index contributed by atoms with van der Waals surface area (Å²) in [5, 5.41) is -0.0263. The van der Waals surface area contributed by atoms with Gasteiger partial charge in [0.2, 0.25) is 0 Å². The Balaban J connectivity index is 1.98. The van der Waals surface area contributed by atoms with Crippen molar-refractivity contribution in [2.24, 2.45) is 0 Å². The lowest BCUT2D eigenvalue weighted by Gasteiger charge is -2.16. The van der Waals surface area contributed by atoms with E-state index in [2.05, 4.69) is 15.9 Å². The largest absolute Gasteiger partial charge is 0.496 e. The van der Waals surface area contributed by atoms with Crippen LogP contribution in [0.3, 0.4) is 0 Å². The Morgan fingerprint density at radius 2 is 2.39 bits per heavy atom. The highest BCUT2D eigenvalue weighted by atomic mass is 79.9.